The molecule has 0 aliphatic carbocycles. The maximum Gasteiger partial charge on any atom is 0.0713 e. The molecule has 1 aromatic heterocycles. The van der Waals surface area contributed by atoms with Gasteiger partial charge in [0.15, 0.2) is 0 Å². The number of methoxy groups -OCH3 is 1. The first-order chi connectivity index (χ1) is 7.40. The molecule has 0 spiro atoms. The Morgan fingerprint density at radius 2 is 1.87 bits per heavy atom. The standard InChI is InChI=1S/C13H13NO/c1-15-10-11-4-6-12(7-5-11)13-3-2-8-14-9-13/h2-9H,10H2,1H3. The highest BCUT2D eigenvalue weighted by atomic mass is 16.5. The van der Waals surface area contributed by atoms with Crippen LogP contribution in [0.15, 0.2) is 48.8 Å². The van der Waals surface area contributed by atoms with Gasteiger partial charge in [-0.2, -0.15) is 0 Å². The van der Waals surface area contributed by atoms with Gasteiger partial charge in [0.2, 0.25) is 0 Å². The molecular formula is C13H13NO. The lowest BCUT2D eigenvalue weighted by Crippen LogP contribution is -1.87. The fraction of sp³-hybridized carbons (Fsp3) is 0.154. The Kier molecular flexibility index (Phi) is 3.10. The van der Waals surface area contributed by atoms with E-state index in [2.05, 4.69) is 35.3 Å². The summed E-state index contributed by atoms with van der Waals surface area (Å²) in [6.07, 6.45) is 3.65. The van der Waals surface area contributed by atoms with E-state index in [0.717, 1.165) is 5.56 Å². The Hall–Kier alpha value is -1.67. The van der Waals surface area contributed by atoms with Crippen molar-refractivity contribution in [3.63, 3.8) is 0 Å². The van der Waals surface area contributed by atoms with Crippen molar-refractivity contribution in [3.8, 4) is 11.1 Å². The van der Waals surface area contributed by atoms with E-state index in [1.165, 1.54) is 11.1 Å². The first-order valence-corrected chi connectivity index (χ1v) is 4.88. The Labute approximate surface area is 89.6 Å². The number of benzene rings is 1. The second-order valence-electron chi connectivity index (χ2n) is 3.37. The summed E-state index contributed by atoms with van der Waals surface area (Å²) in [5, 5.41) is 0. The van der Waals surface area contributed by atoms with E-state index < -0.39 is 0 Å². The van der Waals surface area contributed by atoms with Crippen molar-refractivity contribution in [2.24, 2.45) is 0 Å². The van der Waals surface area contributed by atoms with Crippen molar-refractivity contribution < 1.29 is 4.74 Å². The van der Waals surface area contributed by atoms with Gasteiger partial charge in [0, 0.05) is 19.5 Å². The van der Waals surface area contributed by atoms with E-state index >= 15 is 0 Å². The molecule has 2 rings (SSSR count). The molecule has 0 saturated carbocycles. The van der Waals surface area contributed by atoms with Crippen molar-refractivity contribution in [1.82, 2.24) is 4.98 Å². The number of ether oxygens (including phenoxy) is 1. The topological polar surface area (TPSA) is 22.1 Å². The molecule has 0 aliphatic heterocycles. The van der Waals surface area contributed by atoms with E-state index in [1.54, 1.807) is 13.3 Å². The summed E-state index contributed by atoms with van der Waals surface area (Å²) in [4.78, 5) is 4.10. The van der Waals surface area contributed by atoms with Gasteiger partial charge in [-0.1, -0.05) is 30.3 Å². The van der Waals surface area contributed by atoms with Crippen molar-refractivity contribution >= 4 is 0 Å². The maximum absolute atomic E-state index is 5.06. The molecule has 0 N–H and O–H groups in total. The Morgan fingerprint density at radius 1 is 1.07 bits per heavy atom. The van der Waals surface area contributed by atoms with Gasteiger partial charge >= 0.3 is 0 Å². The van der Waals surface area contributed by atoms with Crippen LogP contribution in [0, 0.1) is 0 Å². The third-order valence-electron chi connectivity index (χ3n) is 2.26. The van der Waals surface area contributed by atoms with E-state index in [9.17, 15) is 0 Å². The van der Waals surface area contributed by atoms with E-state index in [0.29, 0.717) is 6.61 Å². The lowest BCUT2D eigenvalue weighted by atomic mass is 10.1. The number of hydrogen-bond donors (Lipinski definition) is 0. The second-order valence-corrected chi connectivity index (χ2v) is 3.37. The molecule has 1 aromatic carbocycles. The maximum atomic E-state index is 5.06. The minimum atomic E-state index is 0.660. The zero-order valence-corrected chi connectivity index (χ0v) is 8.68. The first kappa shape index (κ1) is 9.87. The van der Waals surface area contributed by atoms with Crippen LogP contribution >= 0.6 is 0 Å². The lowest BCUT2D eigenvalue weighted by Gasteiger charge is -2.03. The Balaban J connectivity index is 2.24. The van der Waals surface area contributed by atoms with Gasteiger partial charge in [-0.25, -0.2) is 0 Å². The normalized spacial score (nSPS) is 10.2. The summed E-state index contributed by atoms with van der Waals surface area (Å²) in [6.45, 7) is 0.660. The zero-order chi connectivity index (χ0) is 10.5. The SMILES string of the molecule is COCc1ccc(-c2cccnc2)cc1. The highest BCUT2D eigenvalue weighted by Crippen LogP contribution is 2.18. The van der Waals surface area contributed by atoms with Gasteiger partial charge in [-0.3, -0.25) is 4.98 Å². The summed E-state index contributed by atoms with van der Waals surface area (Å²) in [6, 6.07) is 12.3. The number of nitrogens with zero attached hydrogens (tertiary/aromatic N) is 1. The molecule has 0 amide bonds. The zero-order valence-electron chi connectivity index (χ0n) is 8.68. The van der Waals surface area contributed by atoms with Crippen molar-refractivity contribution in [1.29, 1.82) is 0 Å². The number of aromatic nitrogens is 1. The molecule has 15 heavy (non-hydrogen) atoms. The number of rotatable bonds is 3. The molecule has 2 aromatic rings. The van der Waals surface area contributed by atoms with Gasteiger partial charge in [0.1, 0.15) is 0 Å². The molecule has 76 valence electrons. The van der Waals surface area contributed by atoms with E-state index in [-0.39, 0.29) is 0 Å². The van der Waals surface area contributed by atoms with E-state index in [1.807, 2.05) is 12.3 Å². The van der Waals surface area contributed by atoms with Crippen LogP contribution in [0.2, 0.25) is 0 Å². The van der Waals surface area contributed by atoms with Crippen molar-refractivity contribution in [2.75, 3.05) is 7.11 Å². The molecular weight excluding hydrogens is 186 g/mol. The Bertz CT molecular complexity index is 408. The second kappa shape index (κ2) is 4.71. The molecule has 0 saturated heterocycles. The molecule has 0 atom stereocenters. The third kappa shape index (κ3) is 2.42. The average Bonchev–Trinajstić information content (AvgIpc) is 2.32. The van der Waals surface area contributed by atoms with Crippen LogP contribution in [0.4, 0.5) is 0 Å². The first-order valence-electron chi connectivity index (χ1n) is 4.88. The van der Waals surface area contributed by atoms with Gasteiger partial charge in [-0.05, 0) is 22.8 Å². The number of pyridine rings is 1. The van der Waals surface area contributed by atoms with Crippen LogP contribution in [0.5, 0.6) is 0 Å². The molecule has 0 aliphatic rings. The highest BCUT2D eigenvalue weighted by molar-refractivity contribution is 5.62. The van der Waals surface area contributed by atoms with Crippen LogP contribution in [0.1, 0.15) is 5.56 Å². The minimum Gasteiger partial charge on any atom is -0.380 e. The molecule has 2 heteroatoms. The molecule has 0 fully saturated rings. The average molecular weight is 199 g/mol. The third-order valence-corrected chi connectivity index (χ3v) is 2.26. The minimum absolute atomic E-state index is 0.660. The lowest BCUT2D eigenvalue weighted by molar-refractivity contribution is 0.185. The van der Waals surface area contributed by atoms with Gasteiger partial charge in [0.05, 0.1) is 6.61 Å². The smallest absolute Gasteiger partial charge is 0.0713 e. The summed E-state index contributed by atoms with van der Waals surface area (Å²) in [5.74, 6) is 0. The van der Waals surface area contributed by atoms with E-state index in [4.69, 9.17) is 4.74 Å². The Morgan fingerprint density at radius 3 is 2.47 bits per heavy atom. The van der Waals surface area contributed by atoms with Gasteiger partial charge < -0.3 is 4.74 Å². The van der Waals surface area contributed by atoms with Crippen LogP contribution in [0.25, 0.3) is 11.1 Å². The van der Waals surface area contributed by atoms with Crippen LogP contribution in [-0.2, 0) is 11.3 Å². The van der Waals surface area contributed by atoms with Gasteiger partial charge in [0.25, 0.3) is 0 Å². The quantitative estimate of drug-likeness (QED) is 0.758. The fourth-order valence-electron chi connectivity index (χ4n) is 1.49. The largest absolute Gasteiger partial charge is 0.380 e. The molecule has 2 nitrogen and oxygen atoms in total. The van der Waals surface area contributed by atoms with Crippen molar-refractivity contribution in [2.45, 2.75) is 6.61 Å². The fourth-order valence-corrected chi connectivity index (χ4v) is 1.49. The predicted molar refractivity (Wildman–Crippen MR) is 60.4 cm³/mol. The number of hydrogen-bond acceptors (Lipinski definition) is 2. The molecule has 1 heterocycles. The van der Waals surface area contributed by atoms with Crippen LogP contribution in [-0.4, -0.2) is 12.1 Å². The molecule has 0 bridgehead atoms. The molecule has 0 radical (unpaired) electrons. The summed E-state index contributed by atoms with van der Waals surface area (Å²) >= 11 is 0. The highest BCUT2D eigenvalue weighted by Gasteiger charge is 1.97. The monoisotopic (exact) mass is 199 g/mol. The van der Waals surface area contributed by atoms with Crippen molar-refractivity contribution in [3.05, 3.63) is 54.4 Å². The molecule has 0 unspecified atom stereocenters. The predicted octanol–water partition coefficient (Wildman–Crippen LogP) is 2.90. The van der Waals surface area contributed by atoms with Gasteiger partial charge in [-0.15, -0.1) is 0 Å². The summed E-state index contributed by atoms with van der Waals surface area (Å²) < 4.78 is 5.06. The van der Waals surface area contributed by atoms with Crippen LogP contribution < -0.4 is 0 Å². The van der Waals surface area contributed by atoms with Crippen LogP contribution in [0.3, 0.4) is 0 Å². The summed E-state index contributed by atoms with van der Waals surface area (Å²) in [7, 11) is 1.70. The summed E-state index contributed by atoms with van der Waals surface area (Å²) in [5.41, 5.74) is 3.51.